The Morgan fingerprint density at radius 3 is 2.29 bits per heavy atom. The monoisotopic (exact) mass is 196 g/mol. The first kappa shape index (κ1) is 11.0. The van der Waals surface area contributed by atoms with E-state index in [-0.39, 0.29) is 17.3 Å². The molecule has 0 unspecified atom stereocenters. The maximum Gasteiger partial charge on any atom is 0.130 e. The van der Waals surface area contributed by atoms with Gasteiger partial charge in [0.05, 0.1) is 0 Å². The van der Waals surface area contributed by atoms with Crippen molar-refractivity contribution < 1.29 is 4.39 Å². The average molecular weight is 196 g/mol. The van der Waals surface area contributed by atoms with Crippen molar-refractivity contribution in [3.8, 4) is 0 Å². The normalized spacial score (nSPS) is 14.1. The van der Waals surface area contributed by atoms with Gasteiger partial charge < -0.3 is 11.5 Å². The Bertz CT molecular complexity index is 308. The maximum absolute atomic E-state index is 13.5. The Morgan fingerprint density at radius 2 is 1.86 bits per heavy atom. The molecule has 0 bridgehead atoms. The summed E-state index contributed by atoms with van der Waals surface area (Å²) in [6.45, 7) is 5.89. The third-order valence-electron chi connectivity index (χ3n) is 2.33. The lowest BCUT2D eigenvalue weighted by Gasteiger charge is -2.28. The second kappa shape index (κ2) is 3.58. The van der Waals surface area contributed by atoms with E-state index in [0.29, 0.717) is 11.3 Å². The Hall–Kier alpha value is -1.09. The van der Waals surface area contributed by atoms with E-state index < -0.39 is 0 Å². The van der Waals surface area contributed by atoms with Gasteiger partial charge in [-0.05, 0) is 17.5 Å². The summed E-state index contributed by atoms with van der Waals surface area (Å²) in [7, 11) is 0. The molecule has 2 nitrogen and oxygen atoms in total. The van der Waals surface area contributed by atoms with Crippen LogP contribution in [0.1, 0.15) is 32.4 Å². The fraction of sp³-hybridized carbons (Fsp3) is 0.455. The molecule has 0 aromatic heterocycles. The number of nitrogen functional groups attached to an aromatic ring is 1. The van der Waals surface area contributed by atoms with Crippen LogP contribution in [0.15, 0.2) is 18.2 Å². The molecule has 0 saturated heterocycles. The summed E-state index contributed by atoms with van der Waals surface area (Å²) in [5.41, 5.74) is 12.3. The van der Waals surface area contributed by atoms with Gasteiger partial charge in [0, 0.05) is 17.3 Å². The molecule has 0 spiro atoms. The number of nitrogens with two attached hydrogens (primary N) is 2. The van der Waals surface area contributed by atoms with Gasteiger partial charge in [0.2, 0.25) is 0 Å². The van der Waals surface area contributed by atoms with Crippen LogP contribution in [0, 0.1) is 11.2 Å². The largest absolute Gasteiger partial charge is 0.398 e. The van der Waals surface area contributed by atoms with Crippen molar-refractivity contribution >= 4 is 5.69 Å². The van der Waals surface area contributed by atoms with Gasteiger partial charge in [-0.25, -0.2) is 4.39 Å². The predicted molar refractivity (Wildman–Crippen MR) is 57.2 cm³/mol. The van der Waals surface area contributed by atoms with E-state index in [0.717, 1.165) is 0 Å². The molecule has 0 aliphatic carbocycles. The number of rotatable bonds is 1. The summed E-state index contributed by atoms with van der Waals surface area (Å²) in [4.78, 5) is 0. The van der Waals surface area contributed by atoms with Crippen molar-refractivity contribution in [1.82, 2.24) is 0 Å². The van der Waals surface area contributed by atoms with E-state index in [9.17, 15) is 4.39 Å². The first-order chi connectivity index (χ1) is 6.34. The molecule has 0 aliphatic heterocycles. The zero-order valence-corrected chi connectivity index (χ0v) is 8.84. The highest BCUT2D eigenvalue weighted by Crippen LogP contribution is 2.34. The Labute approximate surface area is 84.1 Å². The van der Waals surface area contributed by atoms with Crippen LogP contribution in [0.3, 0.4) is 0 Å². The molecule has 0 fully saturated rings. The molecular weight excluding hydrogens is 179 g/mol. The summed E-state index contributed by atoms with van der Waals surface area (Å²) in [6, 6.07) is 4.26. The van der Waals surface area contributed by atoms with E-state index in [1.54, 1.807) is 12.1 Å². The number of anilines is 1. The lowest BCUT2D eigenvalue weighted by atomic mass is 9.82. The second-order valence-electron chi connectivity index (χ2n) is 4.59. The number of benzene rings is 1. The van der Waals surface area contributed by atoms with E-state index in [2.05, 4.69) is 0 Å². The van der Waals surface area contributed by atoms with Gasteiger partial charge in [-0.2, -0.15) is 0 Å². The average Bonchev–Trinajstić information content (AvgIpc) is 2.01. The molecule has 78 valence electrons. The van der Waals surface area contributed by atoms with Crippen LogP contribution in [0.25, 0.3) is 0 Å². The molecule has 1 rings (SSSR count). The van der Waals surface area contributed by atoms with E-state index in [4.69, 9.17) is 11.5 Å². The quantitative estimate of drug-likeness (QED) is 0.678. The standard InChI is InChI=1S/C11H17FN2/c1-11(2,3)10(14)9-7(12)5-4-6-8(9)13/h4-6,10H,13-14H2,1-3H3/t10-/m0/s1. The first-order valence-corrected chi connectivity index (χ1v) is 4.63. The molecule has 0 amide bonds. The van der Waals surface area contributed by atoms with Crippen LogP contribution in [-0.4, -0.2) is 0 Å². The smallest absolute Gasteiger partial charge is 0.130 e. The van der Waals surface area contributed by atoms with Crippen molar-refractivity contribution in [2.45, 2.75) is 26.8 Å². The van der Waals surface area contributed by atoms with Crippen LogP contribution in [-0.2, 0) is 0 Å². The predicted octanol–water partition coefficient (Wildman–Crippen LogP) is 2.45. The summed E-state index contributed by atoms with van der Waals surface area (Å²) >= 11 is 0. The lowest BCUT2D eigenvalue weighted by Crippen LogP contribution is -2.28. The Kier molecular flexibility index (Phi) is 2.81. The van der Waals surface area contributed by atoms with Gasteiger partial charge in [0.25, 0.3) is 0 Å². The summed E-state index contributed by atoms with van der Waals surface area (Å²) in [5, 5.41) is 0. The van der Waals surface area contributed by atoms with Crippen molar-refractivity contribution in [2.24, 2.45) is 11.1 Å². The molecule has 0 aliphatic rings. The molecule has 0 heterocycles. The van der Waals surface area contributed by atoms with Crippen molar-refractivity contribution in [2.75, 3.05) is 5.73 Å². The fourth-order valence-electron chi connectivity index (χ4n) is 1.31. The van der Waals surface area contributed by atoms with Crippen LogP contribution in [0.2, 0.25) is 0 Å². The second-order valence-corrected chi connectivity index (χ2v) is 4.59. The number of hydrogen-bond donors (Lipinski definition) is 2. The highest BCUT2D eigenvalue weighted by Gasteiger charge is 2.26. The first-order valence-electron chi connectivity index (χ1n) is 4.63. The molecule has 1 aromatic rings. The molecule has 14 heavy (non-hydrogen) atoms. The molecule has 0 saturated carbocycles. The molecule has 3 heteroatoms. The highest BCUT2D eigenvalue weighted by molar-refractivity contribution is 5.49. The third kappa shape index (κ3) is 2.04. The minimum absolute atomic E-state index is 0.198. The van der Waals surface area contributed by atoms with Crippen LogP contribution in [0.4, 0.5) is 10.1 Å². The topological polar surface area (TPSA) is 52.0 Å². The van der Waals surface area contributed by atoms with Gasteiger partial charge >= 0.3 is 0 Å². The minimum atomic E-state index is -0.385. The fourth-order valence-corrected chi connectivity index (χ4v) is 1.31. The van der Waals surface area contributed by atoms with Crippen molar-refractivity contribution in [3.63, 3.8) is 0 Å². The molecule has 4 N–H and O–H groups in total. The third-order valence-corrected chi connectivity index (χ3v) is 2.33. The highest BCUT2D eigenvalue weighted by atomic mass is 19.1. The number of halogens is 1. The molecule has 1 aromatic carbocycles. The van der Waals surface area contributed by atoms with E-state index in [1.165, 1.54) is 6.07 Å². The number of hydrogen-bond acceptors (Lipinski definition) is 2. The minimum Gasteiger partial charge on any atom is -0.398 e. The summed E-state index contributed by atoms with van der Waals surface area (Å²) < 4.78 is 13.5. The SMILES string of the molecule is CC(C)(C)[C@@H](N)c1c(N)cccc1F. The van der Waals surface area contributed by atoms with Gasteiger partial charge in [0.15, 0.2) is 0 Å². The van der Waals surface area contributed by atoms with E-state index in [1.807, 2.05) is 20.8 Å². The van der Waals surface area contributed by atoms with Gasteiger partial charge in [0.1, 0.15) is 5.82 Å². The van der Waals surface area contributed by atoms with Crippen LogP contribution < -0.4 is 11.5 Å². The molecular formula is C11H17FN2. The zero-order chi connectivity index (χ0) is 10.9. The van der Waals surface area contributed by atoms with Crippen molar-refractivity contribution in [1.29, 1.82) is 0 Å². The van der Waals surface area contributed by atoms with Gasteiger partial charge in [-0.3, -0.25) is 0 Å². The van der Waals surface area contributed by atoms with Gasteiger partial charge in [-0.15, -0.1) is 0 Å². The van der Waals surface area contributed by atoms with Crippen LogP contribution >= 0.6 is 0 Å². The molecule has 1 atom stereocenters. The zero-order valence-electron chi connectivity index (χ0n) is 8.84. The summed E-state index contributed by atoms with van der Waals surface area (Å²) in [6.07, 6.45) is 0. The lowest BCUT2D eigenvalue weighted by molar-refractivity contribution is 0.320. The Balaban J connectivity index is 3.19. The van der Waals surface area contributed by atoms with E-state index >= 15 is 0 Å². The molecule has 0 radical (unpaired) electrons. The Morgan fingerprint density at radius 1 is 1.29 bits per heavy atom. The summed E-state index contributed by atoms with van der Waals surface area (Å²) in [5.74, 6) is -0.326. The van der Waals surface area contributed by atoms with Gasteiger partial charge in [-0.1, -0.05) is 26.8 Å². The van der Waals surface area contributed by atoms with Crippen molar-refractivity contribution in [3.05, 3.63) is 29.6 Å². The van der Waals surface area contributed by atoms with Crippen LogP contribution in [0.5, 0.6) is 0 Å². The maximum atomic E-state index is 13.5.